The van der Waals surface area contributed by atoms with Crippen molar-refractivity contribution < 1.29 is 4.42 Å². The number of aromatic nitrogens is 3. The number of benzene rings is 2. The molecular weight excluding hydrogens is 376 g/mol. The first-order chi connectivity index (χ1) is 14.8. The highest BCUT2D eigenvalue weighted by molar-refractivity contribution is 5.79. The predicted molar refractivity (Wildman–Crippen MR) is 117 cm³/mol. The molecule has 0 fully saturated rings. The lowest BCUT2D eigenvalue weighted by Crippen LogP contribution is -2.36. The van der Waals surface area contributed by atoms with Gasteiger partial charge in [0.25, 0.3) is 0 Å². The maximum absolute atomic E-state index is 5.59. The van der Waals surface area contributed by atoms with Gasteiger partial charge in [-0.1, -0.05) is 36.4 Å². The number of hydrogen-bond acceptors (Lipinski definition) is 4. The summed E-state index contributed by atoms with van der Waals surface area (Å²) in [4.78, 5) is 9.20. The number of guanidine groups is 1. The molecule has 0 amide bonds. The molecule has 2 aromatic carbocycles. The van der Waals surface area contributed by atoms with Crippen LogP contribution >= 0.6 is 0 Å². The first-order valence-electron chi connectivity index (χ1n) is 9.93. The molecule has 0 aliphatic heterocycles. The summed E-state index contributed by atoms with van der Waals surface area (Å²) in [6.45, 7) is 3.85. The zero-order valence-electron chi connectivity index (χ0n) is 16.8. The van der Waals surface area contributed by atoms with E-state index in [9.17, 15) is 0 Å². The average Bonchev–Trinajstić information content (AvgIpc) is 3.47. The second-order valence-corrected chi connectivity index (χ2v) is 6.69. The van der Waals surface area contributed by atoms with E-state index in [4.69, 9.17) is 4.42 Å². The van der Waals surface area contributed by atoms with Crippen LogP contribution in [0, 0.1) is 0 Å². The molecule has 0 spiro atoms. The van der Waals surface area contributed by atoms with Gasteiger partial charge in [0, 0.05) is 23.9 Å². The molecule has 7 heteroatoms. The van der Waals surface area contributed by atoms with Crippen molar-refractivity contribution >= 4 is 5.96 Å². The molecule has 2 N–H and O–H groups in total. The van der Waals surface area contributed by atoms with Gasteiger partial charge in [-0.05, 0) is 31.2 Å². The minimum absolute atomic E-state index is 0.519. The SMILES string of the molecule is CCNC(=NCc1cnn(-c2ccccc2)c1)NCc1coc(-c2ccccc2)n1. The second-order valence-electron chi connectivity index (χ2n) is 6.69. The van der Waals surface area contributed by atoms with E-state index in [0.29, 0.717) is 24.9 Å². The number of hydrogen-bond donors (Lipinski definition) is 2. The molecule has 7 nitrogen and oxygen atoms in total. The van der Waals surface area contributed by atoms with Crippen LogP contribution in [0.4, 0.5) is 0 Å². The Labute approximate surface area is 175 Å². The molecule has 0 saturated carbocycles. The maximum Gasteiger partial charge on any atom is 0.226 e. The summed E-state index contributed by atoms with van der Waals surface area (Å²) in [5.41, 5.74) is 3.83. The lowest BCUT2D eigenvalue weighted by Gasteiger charge is -2.09. The van der Waals surface area contributed by atoms with Gasteiger partial charge in [0.05, 0.1) is 30.7 Å². The normalized spacial score (nSPS) is 11.4. The van der Waals surface area contributed by atoms with E-state index in [1.54, 1.807) is 6.26 Å². The van der Waals surface area contributed by atoms with Crippen LogP contribution in [0.3, 0.4) is 0 Å². The Morgan fingerprint density at radius 1 is 1.03 bits per heavy atom. The van der Waals surface area contributed by atoms with Gasteiger partial charge in [-0.2, -0.15) is 5.10 Å². The van der Waals surface area contributed by atoms with E-state index in [1.807, 2.05) is 84.7 Å². The first kappa shape index (κ1) is 19.4. The number of nitrogens with zero attached hydrogens (tertiary/aromatic N) is 4. The van der Waals surface area contributed by atoms with Crippen molar-refractivity contribution in [2.24, 2.45) is 4.99 Å². The highest BCUT2D eigenvalue weighted by atomic mass is 16.3. The molecule has 0 aliphatic carbocycles. The zero-order chi connectivity index (χ0) is 20.6. The van der Waals surface area contributed by atoms with Gasteiger partial charge in [0.2, 0.25) is 5.89 Å². The largest absolute Gasteiger partial charge is 0.444 e. The fourth-order valence-corrected chi connectivity index (χ4v) is 2.95. The number of rotatable bonds is 7. The zero-order valence-corrected chi connectivity index (χ0v) is 16.8. The molecule has 0 saturated heterocycles. The number of para-hydroxylation sites is 1. The van der Waals surface area contributed by atoms with Gasteiger partial charge in [0.1, 0.15) is 6.26 Å². The van der Waals surface area contributed by atoms with Gasteiger partial charge in [-0.15, -0.1) is 0 Å². The summed E-state index contributed by atoms with van der Waals surface area (Å²) in [6.07, 6.45) is 5.50. The Hall–Kier alpha value is -3.87. The molecule has 2 heterocycles. The minimum atomic E-state index is 0.519. The first-order valence-corrected chi connectivity index (χ1v) is 9.93. The summed E-state index contributed by atoms with van der Waals surface area (Å²) in [5, 5.41) is 11.0. The molecule has 0 aliphatic rings. The summed E-state index contributed by atoms with van der Waals surface area (Å²) in [7, 11) is 0. The van der Waals surface area contributed by atoms with Crippen LogP contribution in [0.2, 0.25) is 0 Å². The molecule has 0 bridgehead atoms. The second kappa shape index (κ2) is 9.56. The van der Waals surface area contributed by atoms with E-state index in [-0.39, 0.29) is 0 Å². The van der Waals surface area contributed by atoms with E-state index >= 15 is 0 Å². The lowest BCUT2D eigenvalue weighted by atomic mass is 10.2. The molecule has 4 aromatic rings. The van der Waals surface area contributed by atoms with Crippen molar-refractivity contribution in [2.75, 3.05) is 6.54 Å². The third-order valence-electron chi connectivity index (χ3n) is 4.43. The molecule has 0 atom stereocenters. The summed E-state index contributed by atoms with van der Waals surface area (Å²) < 4.78 is 7.45. The van der Waals surface area contributed by atoms with Crippen LogP contribution in [0.5, 0.6) is 0 Å². The maximum atomic E-state index is 5.59. The highest BCUT2D eigenvalue weighted by Crippen LogP contribution is 2.17. The Morgan fingerprint density at radius 2 is 1.80 bits per heavy atom. The third-order valence-corrected chi connectivity index (χ3v) is 4.43. The lowest BCUT2D eigenvalue weighted by molar-refractivity contribution is 0.572. The summed E-state index contributed by atoms with van der Waals surface area (Å²) >= 11 is 0. The quantitative estimate of drug-likeness (QED) is 0.364. The Balaban J connectivity index is 1.38. The van der Waals surface area contributed by atoms with Crippen LogP contribution in [0.25, 0.3) is 17.1 Å². The topological polar surface area (TPSA) is 80.3 Å². The van der Waals surface area contributed by atoms with Crippen LogP contribution in [0.15, 0.2) is 88.7 Å². The average molecular weight is 400 g/mol. The molecule has 0 unspecified atom stereocenters. The highest BCUT2D eigenvalue weighted by Gasteiger charge is 2.07. The number of nitrogens with one attached hydrogen (secondary N) is 2. The van der Waals surface area contributed by atoms with E-state index < -0.39 is 0 Å². The molecule has 152 valence electrons. The monoisotopic (exact) mass is 400 g/mol. The molecular formula is C23H24N6O. The van der Waals surface area contributed by atoms with Gasteiger partial charge in [0.15, 0.2) is 5.96 Å². The van der Waals surface area contributed by atoms with Crippen LogP contribution in [-0.4, -0.2) is 27.3 Å². The molecule has 30 heavy (non-hydrogen) atoms. The fraction of sp³-hybridized carbons (Fsp3) is 0.174. The van der Waals surface area contributed by atoms with Crippen LogP contribution in [-0.2, 0) is 13.1 Å². The molecule has 0 radical (unpaired) electrons. The van der Waals surface area contributed by atoms with Gasteiger partial charge in [-0.25, -0.2) is 14.7 Å². The van der Waals surface area contributed by atoms with Gasteiger partial charge >= 0.3 is 0 Å². The van der Waals surface area contributed by atoms with E-state index in [2.05, 4.69) is 25.7 Å². The standard InChI is InChI=1S/C23H24N6O/c1-2-24-23(25-13-18-14-27-29(16-18)21-11-7-4-8-12-21)26-15-20-17-30-22(28-20)19-9-5-3-6-10-19/h3-12,14,16-17H,2,13,15H2,1H3,(H2,24,25,26). The smallest absolute Gasteiger partial charge is 0.226 e. The van der Waals surface area contributed by atoms with E-state index in [1.165, 1.54) is 0 Å². The van der Waals surface area contributed by atoms with Crippen LogP contribution < -0.4 is 10.6 Å². The van der Waals surface area contributed by atoms with Crippen molar-refractivity contribution in [2.45, 2.75) is 20.0 Å². The van der Waals surface area contributed by atoms with Gasteiger partial charge < -0.3 is 15.1 Å². The van der Waals surface area contributed by atoms with Crippen molar-refractivity contribution in [3.05, 3.63) is 90.6 Å². The van der Waals surface area contributed by atoms with Crippen molar-refractivity contribution in [3.8, 4) is 17.1 Å². The Bertz CT molecular complexity index is 1090. The van der Waals surface area contributed by atoms with Crippen molar-refractivity contribution in [3.63, 3.8) is 0 Å². The molecule has 4 rings (SSSR count). The molecule has 2 aromatic heterocycles. The number of aliphatic imine (C=N–C) groups is 1. The van der Waals surface area contributed by atoms with E-state index in [0.717, 1.165) is 29.1 Å². The number of oxazole rings is 1. The predicted octanol–water partition coefficient (Wildman–Crippen LogP) is 3.78. The van der Waals surface area contributed by atoms with Crippen molar-refractivity contribution in [1.82, 2.24) is 25.4 Å². The summed E-state index contributed by atoms with van der Waals surface area (Å²) in [5.74, 6) is 1.33. The minimum Gasteiger partial charge on any atom is -0.444 e. The Morgan fingerprint density at radius 3 is 2.57 bits per heavy atom. The fourth-order valence-electron chi connectivity index (χ4n) is 2.95. The summed E-state index contributed by atoms with van der Waals surface area (Å²) in [6, 6.07) is 19.9. The van der Waals surface area contributed by atoms with Gasteiger partial charge in [-0.3, -0.25) is 0 Å². The third kappa shape index (κ3) is 4.94. The van der Waals surface area contributed by atoms with Crippen molar-refractivity contribution in [1.29, 1.82) is 0 Å². The van der Waals surface area contributed by atoms with Crippen LogP contribution in [0.1, 0.15) is 18.2 Å². The Kier molecular flexibility index (Phi) is 6.19.